The summed E-state index contributed by atoms with van der Waals surface area (Å²) in [5, 5.41) is 9.76. The van der Waals surface area contributed by atoms with Crippen LogP contribution in [0.1, 0.15) is 16.1 Å². The zero-order chi connectivity index (χ0) is 21.1. The number of hydrogen-bond acceptors (Lipinski definition) is 5. The van der Waals surface area contributed by atoms with E-state index in [1.807, 2.05) is 60.0 Å². The Kier molecular flexibility index (Phi) is 5.40. The van der Waals surface area contributed by atoms with Gasteiger partial charge in [-0.1, -0.05) is 36.4 Å². The Morgan fingerprint density at radius 2 is 1.77 bits per heavy atom. The number of fused-ring (bicyclic) bond motifs is 1. The van der Waals surface area contributed by atoms with Gasteiger partial charge in [-0.3, -0.25) is 14.4 Å². The van der Waals surface area contributed by atoms with Gasteiger partial charge in [0.15, 0.2) is 0 Å². The first-order valence-corrected chi connectivity index (χ1v) is 10.1. The Labute approximate surface area is 176 Å². The summed E-state index contributed by atoms with van der Waals surface area (Å²) in [5.74, 6) is -2.45. The van der Waals surface area contributed by atoms with Crippen LogP contribution in [0.2, 0.25) is 0 Å². The largest absolute Gasteiger partial charge is 0.363 e. The van der Waals surface area contributed by atoms with Gasteiger partial charge in [-0.25, -0.2) is 4.68 Å². The molecule has 150 valence electrons. The Hall–Kier alpha value is -3.78. The summed E-state index contributed by atoms with van der Waals surface area (Å²) < 4.78 is 2.53. The molecule has 2 amide bonds. The first-order valence-electron chi connectivity index (χ1n) is 9.23. The molecule has 0 saturated heterocycles. The van der Waals surface area contributed by atoms with Gasteiger partial charge >= 0.3 is 0 Å². The van der Waals surface area contributed by atoms with E-state index in [0.717, 1.165) is 15.6 Å². The van der Waals surface area contributed by atoms with Crippen LogP contribution in [0.3, 0.4) is 0 Å². The van der Waals surface area contributed by atoms with E-state index >= 15 is 0 Å². The Bertz CT molecular complexity index is 1230. The molecule has 2 aromatic heterocycles. The van der Waals surface area contributed by atoms with E-state index in [9.17, 15) is 14.4 Å². The second-order valence-corrected chi connectivity index (χ2v) is 7.59. The zero-order valence-corrected chi connectivity index (χ0v) is 16.6. The highest BCUT2D eigenvalue weighted by Gasteiger charge is 2.28. The Balaban J connectivity index is 1.62. The number of Topliss-reactive ketones (excluding diaryl/α,β-unsaturated/α-hetero) is 1. The van der Waals surface area contributed by atoms with Crippen molar-refractivity contribution in [3.63, 3.8) is 0 Å². The van der Waals surface area contributed by atoms with Gasteiger partial charge in [0.05, 0.1) is 11.9 Å². The molecule has 4 aromatic rings. The number of nitrogens with two attached hydrogens (primary N) is 1. The average Bonchev–Trinajstić information content (AvgIpc) is 3.41. The number of primary amides is 1. The van der Waals surface area contributed by atoms with Crippen LogP contribution < -0.4 is 11.1 Å². The number of benzene rings is 2. The molecule has 0 fully saturated rings. The predicted molar refractivity (Wildman–Crippen MR) is 115 cm³/mol. The van der Waals surface area contributed by atoms with Crippen molar-refractivity contribution in [2.75, 3.05) is 0 Å². The third-order valence-corrected chi connectivity index (χ3v) is 5.74. The summed E-state index contributed by atoms with van der Waals surface area (Å²) in [6.07, 6.45) is 1.66. The van der Waals surface area contributed by atoms with Crippen LogP contribution in [0.15, 0.2) is 72.2 Å². The normalized spacial score (nSPS) is 11.9. The van der Waals surface area contributed by atoms with E-state index in [1.165, 1.54) is 22.2 Å². The highest BCUT2D eigenvalue weighted by Crippen LogP contribution is 2.26. The molecule has 1 unspecified atom stereocenters. The molecule has 3 N–H and O–H groups in total. The van der Waals surface area contributed by atoms with Crippen LogP contribution in [-0.2, 0) is 16.0 Å². The summed E-state index contributed by atoms with van der Waals surface area (Å²) in [6.45, 7) is 0. The molecule has 2 aromatic carbocycles. The summed E-state index contributed by atoms with van der Waals surface area (Å²) in [5.41, 5.74) is 7.06. The van der Waals surface area contributed by atoms with Crippen LogP contribution >= 0.6 is 11.3 Å². The fraction of sp³-hybridized carbons (Fsp3) is 0.0909. The number of carbonyl (C=O) groups excluding carboxylic acids is 3. The van der Waals surface area contributed by atoms with Crippen molar-refractivity contribution in [3.8, 4) is 5.69 Å². The van der Waals surface area contributed by atoms with Gasteiger partial charge in [0.1, 0.15) is 11.7 Å². The topological polar surface area (TPSA) is 107 Å². The summed E-state index contributed by atoms with van der Waals surface area (Å²) in [4.78, 5) is 37.0. The number of nitrogens with zero attached hydrogens (tertiary/aromatic N) is 2. The minimum atomic E-state index is -1.09. The monoisotopic (exact) mass is 418 g/mol. The molecule has 8 heteroatoms. The molecule has 0 spiro atoms. The van der Waals surface area contributed by atoms with E-state index in [0.29, 0.717) is 5.69 Å². The van der Waals surface area contributed by atoms with Gasteiger partial charge in [-0.05, 0) is 40.6 Å². The smallest absolute Gasteiger partial charge is 0.287 e. The number of para-hydroxylation sites is 1. The van der Waals surface area contributed by atoms with Gasteiger partial charge in [0.2, 0.25) is 5.78 Å². The van der Waals surface area contributed by atoms with E-state index in [1.54, 1.807) is 6.07 Å². The highest BCUT2D eigenvalue weighted by atomic mass is 32.1. The van der Waals surface area contributed by atoms with Crippen molar-refractivity contribution in [1.82, 2.24) is 15.1 Å². The molecular weight excluding hydrogens is 400 g/mol. The zero-order valence-electron chi connectivity index (χ0n) is 15.8. The second kappa shape index (κ2) is 8.30. The molecule has 0 aliphatic heterocycles. The minimum Gasteiger partial charge on any atom is -0.363 e. The number of ketones is 1. The summed E-state index contributed by atoms with van der Waals surface area (Å²) in [7, 11) is 0. The molecule has 0 aliphatic carbocycles. The molecule has 4 rings (SSSR count). The van der Waals surface area contributed by atoms with Crippen LogP contribution in [0.25, 0.3) is 15.8 Å². The summed E-state index contributed by atoms with van der Waals surface area (Å²) >= 11 is 1.54. The van der Waals surface area contributed by atoms with E-state index in [-0.39, 0.29) is 12.1 Å². The lowest BCUT2D eigenvalue weighted by Crippen LogP contribution is -2.47. The Morgan fingerprint density at radius 3 is 2.53 bits per heavy atom. The van der Waals surface area contributed by atoms with E-state index in [2.05, 4.69) is 10.4 Å². The van der Waals surface area contributed by atoms with Crippen LogP contribution in [0, 0.1) is 0 Å². The Morgan fingerprint density at radius 1 is 1.03 bits per heavy atom. The van der Waals surface area contributed by atoms with Gasteiger partial charge in [0.25, 0.3) is 11.8 Å². The number of amides is 2. The van der Waals surface area contributed by atoms with Crippen LogP contribution in [0.5, 0.6) is 0 Å². The third kappa shape index (κ3) is 3.85. The molecule has 0 bridgehead atoms. The van der Waals surface area contributed by atoms with Crippen molar-refractivity contribution >= 4 is 39.0 Å². The number of carbonyl (C=O) groups is 3. The van der Waals surface area contributed by atoms with Gasteiger partial charge in [-0.15, -0.1) is 11.3 Å². The van der Waals surface area contributed by atoms with Gasteiger partial charge < -0.3 is 11.1 Å². The molecule has 0 radical (unpaired) electrons. The molecule has 2 heterocycles. The number of aromatic nitrogens is 2. The lowest BCUT2D eigenvalue weighted by molar-refractivity contribution is -0.137. The van der Waals surface area contributed by atoms with E-state index < -0.39 is 23.6 Å². The number of nitrogens with one attached hydrogen (secondary N) is 1. The van der Waals surface area contributed by atoms with Crippen molar-refractivity contribution in [3.05, 3.63) is 83.5 Å². The first kappa shape index (κ1) is 19.5. The van der Waals surface area contributed by atoms with Gasteiger partial charge in [0, 0.05) is 11.1 Å². The maximum absolute atomic E-state index is 13.0. The van der Waals surface area contributed by atoms with Crippen molar-refractivity contribution in [2.24, 2.45) is 5.73 Å². The molecule has 7 nitrogen and oxygen atoms in total. The van der Waals surface area contributed by atoms with Crippen molar-refractivity contribution in [2.45, 2.75) is 12.5 Å². The quantitative estimate of drug-likeness (QED) is 0.450. The number of thiophene rings is 1. The lowest BCUT2D eigenvalue weighted by Gasteiger charge is -2.16. The maximum atomic E-state index is 13.0. The highest BCUT2D eigenvalue weighted by molar-refractivity contribution is 7.17. The van der Waals surface area contributed by atoms with Crippen LogP contribution in [0.4, 0.5) is 0 Å². The lowest BCUT2D eigenvalue weighted by atomic mass is 10.0. The van der Waals surface area contributed by atoms with Crippen molar-refractivity contribution < 1.29 is 14.4 Å². The molecule has 0 saturated carbocycles. The second-order valence-electron chi connectivity index (χ2n) is 6.68. The SMILES string of the molecule is NC(=O)C(=O)C(Cc1csc2ccccc12)NC(=O)c1ccnn1-c1ccccc1. The van der Waals surface area contributed by atoms with Crippen LogP contribution in [-0.4, -0.2) is 33.4 Å². The predicted octanol–water partition coefficient (Wildman–Crippen LogP) is 2.48. The number of rotatable bonds is 7. The summed E-state index contributed by atoms with van der Waals surface area (Å²) in [6, 6.07) is 17.4. The molecule has 0 aliphatic rings. The minimum absolute atomic E-state index is 0.164. The molecular formula is C22H18N4O3S. The third-order valence-electron chi connectivity index (χ3n) is 4.73. The maximum Gasteiger partial charge on any atom is 0.287 e. The molecule has 1 atom stereocenters. The number of hydrogen-bond donors (Lipinski definition) is 2. The average molecular weight is 418 g/mol. The fourth-order valence-corrected chi connectivity index (χ4v) is 4.25. The molecule has 30 heavy (non-hydrogen) atoms. The first-order chi connectivity index (χ1) is 14.5. The standard InChI is InChI=1S/C22H18N4O3S/c23-21(28)20(27)17(12-14-13-30-19-9-5-4-8-16(14)19)25-22(29)18-10-11-24-26(18)15-6-2-1-3-7-15/h1-11,13,17H,12H2,(H2,23,28)(H,25,29). The fourth-order valence-electron chi connectivity index (χ4n) is 3.27. The van der Waals surface area contributed by atoms with Crippen molar-refractivity contribution in [1.29, 1.82) is 0 Å². The van der Waals surface area contributed by atoms with E-state index in [4.69, 9.17) is 5.73 Å². The van der Waals surface area contributed by atoms with Gasteiger partial charge in [-0.2, -0.15) is 5.10 Å².